The van der Waals surface area contributed by atoms with Crippen LogP contribution in [0.1, 0.15) is 42.4 Å². The summed E-state index contributed by atoms with van der Waals surface area (Å²) in [5.74, 6) is -1.40. The van der Waals surface area contributed by atoms with Gasteiger partial charge in [-0.1, -0.05) is 35.0 Å². The van der Waals surface area contributed by atoms with Gasteiger partial charge in [-0.15, -0.1) is 0 Å². The van der Waals surface area contributed by atoms with Crippen LogP contribution in [0.5, 0.6) is 0 Å². The molecule has 0 fully saturated rings. The van der Waals surface area contributed by atoms with Crippen molar-refractivity contribution in [1.82, 2.24) is 4.98 Å². The average molecular weight is 387 g/mol. The van der Waals surface area contributed by atoms with Crippen LogP contribution in [-0.4, -0.2) is 16.1 Å². The number of aliphatic carboxylic acids is 1. The molecule has 1 aromatic carbocycles. The van der Waals surface area contributed by atoms with E-state index in [1.54, 1.807) is 18.5 Å². The molecular weight excluding hydrogens is 368 g/mol. The fourth-order valence-corrected chi connectivity index (χ4v) is 3.78. The van der Waals surface area contributed by atoms with E-state index in [9.17, 15) is 15.2 Å². The summed E-state index contributed by atoms with van der Waals surface area (Å²) in [6, 6.07) is 11.8. The molecule has 1 aromatic heterocycles. The van der Waals surface area contributed by atoms with Gasteiger partial charge >= 0.3 is 5.97 Å². The van der Waals surface area contributed by atoms with Crippen LogP contribution >= 0.6 is 15.9 Å². The zero-order chi connectivity index (χ0) is 17.7. The topological polar surface area (TPSA) is 74.0 Å². The van der Waals surface area contributed by atoms with Crippen molar-refractivity contribution in [3.8, 4) is 6.07 Å². The van der Waals surface area contributed by atoms with Crippen molar-refractivity contribution >= 4 is 21.9 Å². The Morgan fingerprint density at radius 2 is 2.21 bits per heavy atom. The number of carbonyl (C=O) groups is 1. The molecule has 0 saturated carbocycles. The van der Waals surface area contributed by atoms with Crippen molar-refractivity contribution in [2.24, 2.45) is 0 Å². The van der Waals surface area contributed by atoms with E-state index in [0.717, 1.165) is 21.2 Å². The third-order valence-corrected chi connectivity index (χ3v) is 4.98. The average Bonchev–Trinajstić information content (AvgIpc) is 2.57. The van der Waals surface area contributed by atoms with Crippen molar-refractivity contribution in [3.63, 3.8) is 0 Å². The minimum absolute atomic E-state index is 0.122. The summed E-state index contributed by atoms with van der Waals surface area (Å²) in [6.45, 7) is 3.87. The lowest BCUT2D eigenvalue weighted by Gasteiger charge is -2.35. The van der Waals surface area contributed by atoms with Crippen molar-refractivity contribution in [1.29, 1.82) is 5.26 Å². The molecular formula is C19H19BrN2O2. The smallest absolute Gasteiger partial charge is 0.304 e. The second-order valence-electron chi connectivity index (χ2n) is 5.83. The Morgan fingerprint density at radius 1 is 1.46 bits per heavy atom. The van der Waals surface area contributed by atoms with Crippen molar-refractivity contribution in [2.45, 2.75) is 38.0 Å². The quantitative estimate of drug-likeness (QED) is 0.787. The molecule has 2 atom stereocenters. The van der Waals surface area contributed by atoms with E-state index in [-0.39, 0.29) is 6.42 Å². The predicted molar refractivity (Wildman–Crippen MR) is 95.7 cm³/mol. The molecule has 1 N–H and O–H groups in total. The van der Waals surface area contributed by atoms with E-state index in [1.807, 2.05) is 38.1 Å². The Balaban J connectivity index is 2.68. The van der Waals surface area contributed by atoms with E-state index in [4.69, 9.17) is 0 Å². The van der Waals surface area contributed by atoms with Crippen LogP contribution in [-0.2, 0) is 10.2 Å². The van der Waals surface area contributed by atoms with Crippen LogP contribution in [0.25, 0.3) is 0 Å². The predicted octanol–water partition coefficient (Wildman–Crippen LogP) is 4.58. The molecule has 124 valence electrons. The molecule has 4 nitrogen and oxygen atoms in total. The molecule has 0 saturated heterocycles. The largest absolute Gasteiger partial charge is 0.481 e. The van der Waals surface area contributed by atoms with Gasteiger partial charge < -0.3 is 5.11 Å². The van der Waals surface area contributed by atoms with Crippen molar-refractivity contribution < 1.29 is 9.90 Å². The Morgan fingerprint density at radius 3 is 2.71 bits per heavy atom. The van der Waals surface area contributed by atoms with E-state index in [0.29, 0.717) is 6.42 Å². The van der Waals surface area contributed by atoms with Gasteiger partial charge in [0.1, 0.15) is 0 Å². The van der Waals surface area contributed by atoms with E-state index < -0.39 is 17.3 Å². The number of nitriles is 1. The number of hydrogen-bond donors (Lipinski definition) is 1. The van der Waals surface area contributed by atoms with E-state index in [2.05, 4.69) is 27.0 Å². The maximum atomic E-state index is 11.5. The van der Waals surface area contributed by atoms with E-state index >= 15 is 0 Å². The zero-order valence-corrected chi connectivity index (χ0v) is 15.2. The Labute approximate surface area is 150 Å². The van der Waals surface area contributed by atoms with Gasteiger partial charge in [-0.25, -0.2) is 0 Å². The molecule has 0 aliphatic heterocycles. The molecule has 0 radical (unpaired) electrons. The van der Waals surface area contributed by atoms with Crippen LogP contribution in [0.3, 0.4) is 0 Å². The maximum absolute atomic E-state index is 11.5. The number of pyridine rings is 1. The van der Waals surface area contributed by atoms with Gasteiger partial charge in [0, 0.05) is 22.8 Å². The number of aryl methyl sites for hydroxylation is 1. The first-order valence-corrected chi connectivity index (χ1v) is 8.53. The number of carboxylic acids is 1. The van der Waals surface area contributed by atoms with Crippen LogP contribution < -0.4 is 0 Å². The summed E-state index contributed by atoms with van der Waals surface area (Å²) in [7, 11) is 0. The zero-order valence-electron chi connectivity index (χ0n) is 13.7. The van der Waals surface area contributed by atoms with E-state index in [1.165, 1.54) is 0 Å². The fraction of sp³-hybridized carbons (Fsp3) is 0.316. The highest BCUT2D eigenvalue weighted by Gasteiger charge is 2.42. The number of carboxylic acid groups (broad SMARTS) is 1. The second kappa shape index (κ2) is 7.59. The molecule has 0 aliphatic rings. The number of hydrogen-bond acceptors (Lipinski definition) is 3. The minimum Gasteiger partial charge on any atom is -0.481 e. The van der Waals surface area contributed by atoms with Gasteiger partial charge in [0.15, 0.2) is 0 Å². The molecule has 0 aliphatic carbocycles. The third-order valence-electron chi connectivity index (χ3n) is 4.49. The van der Waals surface area contributed by atoms with Crippen molar-refractivity contribution in [3.05, 3.63) is 63.9 Å². The highest BCUT2D eigenvalue weighted by Crippen LogP contribution is 2.45. The number of rotatable bonds is 6. The van der Waals surface area contributed by atoms with Gasteiger partial charge in [0.05, 0.1) is 17.9 Å². The number of nitrogens with zero attached hydrogens (tertiary/aromatic N) is 2. The lowest BCUT2D eigenvalue weighted by Crippen LogP contribution is -2.34. The highest BCUT2D eigenvalue weighted by atomic mass is 79.9. The highest BCUT2D eigenvalue weighted by molar-refractivity contribution is 9.10. The first kappa shape index (κ1) is 18.2. The van der Waals surface area contributed by atoms with Crippen LogP contribution in [0.4, 0.5) is 0 Å². The van der Waals surface area contributed by atoms with Gasteiger partial charge in [0.2, 0.25) is 0 Å². The minimum atomic E-state index is -0.924. The molecule has 0 spiro atoms. The summed E-state index contributed by atoms with van der Waals surface area (Å²) in [6.07, 6.45) is 3.69. The third kappa shape index (κ3) is 3.49. The first-order chi connectivity index (χ1) is 11.4. The fourth-order valence-electron chi connectivity index (χ4n) is 3.30. The van der Waals surface area contributed by atoms with Crippen LogP contribution in [0.2, 0.25) is 0 Å². The second-order valence-corrected chi connectivity index (χ2v) is 6.75. The van der Waals surface area contributed by atoms with Gasteiger partial charge in [-0.05, 0) is 48.2 Å². The Bertz CT molecular complexity index is 771. The molecule has 0 bridgehead atoms. The van der Waals surface area contributed by atoms with Crippen molar-refractivity contribution in [2.75, 3.05) is 0 Å². The summed E-state index contributed by atoms with van der Waals surface area (Å²) >= 11 is 3.44. The standard InChI is InChI=1S/C19H19BrN2O2/c1-3-19(12-21,16-7-6-15(20)9-13(16)2)17(10-18(23)24)14-5-4-8-22-11-14/h4-9,11,17H,3,10H2,1-2H3,(H,23,24). The molecule has 2 aromatic rings. The maximum Gasteiger partial charge on any atom is 0.304 e. The lowest BCUT2D eigenvalue weighted by atomic mass is 9.65. The van der Waals surface area contributed by atoms with Gasteiger partial charge in [0.25, 0.3) is 0 Å². The summed E-state index contributed by atoms with van der Waals surface area (Å²) < 4.78 is 0.933. The summed E-state index contributed by atoms with van der Waals surface area (Å²) in [5.41, 5.74) is 1.68. The number of halogens is 1. The van der Waals surface area contributed by atoms with Gasteiger partial charge in [-0.3, -0.25) is 9.78 Å². The monoisotopic (exact) mass is 386 g/mol. The SMILES string of the molecule is CCC(C#N)(c1ccc(Br)cc1C)C(CC(=O)O)c1cccnc1. The number of benzene rings is 1. The Kier molecular flexibility index (Phi) is 5.74. The van der Waals surface area contributed by atoms with Crippen LogP contribution in [0.15, 0.2) is 47.2 Å². The molecule has 1 heterocycles. The Hall–Kier alpha value is -2.19. The molecule has 2 rings (SSSR count). The summed E-state index contributed by atoms with van der Waals surface area (Å²) in [4.78, 5) is 15.6. The summed E-state index contributed by atoms with van der Waals surface area (Å²) in [5, 5.41) is 19.5. The molecule has 5 heteroatoms. The molecule has 2 unspecified atom stereocenters. The van der Waals surface area contributed by atoms with Crippen LogP contribution in [0, 0.1) is 18.3 Å². The molecule has 24 heavy (non-hydrogen) atoms. The lowest BCUT2D eigenvalue weighted by molar-refractivity contribution is -0.137. The number of aromatic nitrogens is 1. The van der Waals surface area contributed by atoms with Gasteiger partial charge in [-0.2, -0.15) is 5.26 Å². The normalized spacial score (nSPS) is 14.4. The first-order valence-electron chi connectivity index (χ1n) is 7.74. The molecule has 0 amide bonds.